The standard InChI is InChI=1S/C13H6BrF4NO/c14-6-3-9(17)12(10(18)4-6)13(20)19-11-2-1-7(15)5-8(11)16/h1-5H,(H,19,20). The molecule has 0 spiro atoms. The van der Waals surface area contributed by atoms with E-state index in [9.17, 15) is 22.4 Å². The minimum absolute atomic E-state index is 0.122. The van der Waals surface area contributed by atoms with Crippen molar-refractivity contribution in [2.75, 3.05) is 5.32 Å². The first-order chi connectivity index (χ1) is 9.38. The van der Waals surface area contributed by atoms with Crippen molar-refractivity contribution in [2.45, 2.75) is 0 Å². The predicted octanol–water partition coefficient (Wildman–Crippen LogP) is 4.26. The quantitative estimate of drug-likeness (QED) is 0.808. The van der Waals surface area contributed by atoms with Gasteiger partial charge in [-0.1, -0.05) is 15.9 Å². The van der Waals surface area contributed by atoms with Crippen molar-refractivity contribution in [3.63, 3.8) is 0 Å². The zero-order valence-corrected chi connectivity index (χ0v) is 11.3. The van der Waals surface area contributed by atoms with E-state index in [4.69, 9.17) is 0 Å². The molecule has 0 aliphatic rings. The largest absolute Gasteiger partial charge is 0.319 e. The first kappa shape index (κ1) is 14.5. The number of rotatable bonds is 2. The lowest BCUT2D eigenvalue weighted by Gasteiger charge is -2.08. The lowest BCUT2D eigenvalue weighted by Crippen LogP contribution is -2.16. The molecule has 0 aliphatic heterocycles. The molecule has 20 heavy (non-hydrogen) atoms. The molecule has 2 aromatic carbocycles. The van der Waals surface area contributed by atoms with Gasteiger partial charge >= 0.3 is 0 Å². The second-order valence-corrected chi connectivity index (χ2v) is 4.74. The summed E-state index contributed by atoms with van der Waals surface area (Å²) in [6.07, 6.45) is 0. The average Bonchev–Trinajstić information content (AvgIpc) is 2.31. The average molecular weight is 348 g/mol. The molecule has 2 rings (SSSR count). The van der Waals surface area contributed by atoms with E-state index in [1.807, 2.05) is 5.32 Å². The Hall–Kier alpha value is -1.89. The van der Waals surface area contributed by atoms with Gasteiger partial charge in [0.2, 0.25) is 0 Å². The van der Waals surface area contributed by atoms with Gasteiger partial charge in [0.15, 0.2) is 0 Å². The minimum Gasteiger partial charge on any atom is -0.319 e. The van der Waals surface area contributed by atoms with Crippen LogP contribution in [0, 0.1) is 23.3 Å². The maximum Gasteiger partial charge on any atom is 0.261 e. The molecule has 0 unspecified atom stereocenters. The zero-order valence-electron chi connectivity index (χ0n) is 9.68. The molecule has 2 aromatic rings. The van der Waals surface area contributed by atoms with Crippen LogP contribution in [-0.2, 0) is 0 Å². The monoisotopic (exact) mass is 347 g/mol. The SMILES string of the molecule is O=C(Nc1ccc(F)cc1F)c1c(F)cc(Br)cc1F. The van der Waals surface area contributed by atoms with Crippen molar-refractivity contribution in [3.05, 3.63) is 63.6 Å². The highest BCUT2D eigenvalue weighted by Gasteiger charge is 2.19. The van der Waals surface area contributed by atoms with Crippen LogP contribution in [0.4, 0.5) is 23.2 Å². The van der Waals surface area contributed by atoms with E-state index in [1.54, 1.807) is 0 Å². The number of anilines is 1. The molecule has 0 saturated carbocycles. The van der Waals surface area contributed by atoms with Crippen molar-refractivity contribution < 1.29 is 22.4 Å². The lowest BCUT2D eigenvalue weighted by atomic mass is 10.1. The maximum absolute atomic E-state index is 13.5. The van der Waals surface area contributed by atoms with E-state index in [1.165, 1.54) is 0 Å². The van der Waals surface area contributed by atoms with Gasteiger partial charge < -0.3 is 5.32 Å². The Morgan fingerprint density at radius 1 is 0.950 bits per heavy atom. The number of carbonyl (C=O) groups excluding carboxylic acids is 1. The van der Waals surface area contributed by atoms with Crippen LogP contribution in [0.3, 0.4) is 0 Å². The topological polar surface area (TPSA) is 29.1 Å². The van der Waals surface area contributed by atoms with Crippen molar-refractivity contribution in [1.29, 1.82) is 0 Å². The summed E-state index contributed by atoms with van der Waals surface area (Å²) in [7, 11) is 0. The van der Waals surface area contributed by atoms with Gasteiger partial charge in [0.05, 0.1) is 5.69 Å². The second kappa shape index (κ2) is 5.62. The van der Waals surface area contributed by atoms with E-state index in [0.29, 0.717) is 6.07 Å². The third-order valence-electron chi connectivity index (χ3n) is 2.41. The van der Waals surface area contributed by atoms with E-state index < -0.39 is 34.7 Å². The van der Waals surface area contributed by atoms with Crippen molar-refractivity contribution in [3.8, 4) is 0 Å². The summed E-state index contributed by atoms with van der Waals surface area (Å²) in [6.45, 7) is 0. The van der Waals surface area contributed by atoms with Crippen molar-refractivity contribution in [1.82, 2.24) is 0 Å². The summed E-state index contributed by atoms with van der Waals surface area (Å²) >= 11 is 2.87. The smallest absolute Gasteiger partial charge is 0.261 e. The molecular weight excluding hydrogens is 342 g/mol. The van der Waals surface area contributed by atoms with Crippen molar-refractivity contribution in [2.24, 2.45) is 0 Å². The number of amides is 1. The van der Waals surface area contributed by atoms with Gasteiger partial charge in [-0.05, 0) is 24.3 Å². The Bertz CT molecular complexity index is 667. The molecule has 0 radical (unpaired) electrons. The molecule has 104 valence electrons. The summed E-state index contributed by atoms with van der Waals surface area (Å²) in [6, 6.07) is 4.21. The molecule has 2 nitrogen and oxygen atoms in total. The van der Waals surface area contributed by atoms with Gasteiger partial charge in [0.25, 0.3) is 5.91 Å². The molecule has 1 amide bonds. The van der Waals surface area contributed by atoms with E-state index >= 15 is 0 Å². The third kappa shape index (κ3) is 2.98. The molecule has 0 atom stereocenters. The van der Waals surface area contributed by atoms with Crippen LogP contribution in [0.2, 0.25) is 0 Å². The molecule has 0 aliphatic carbocycles. The Balaban J connectivity index is 2.33. The highest BCUT2D eigenvalue weighted by Crippen LogP contribution is 2.22. The Kier molecular flexibility index (Phi) is 4.08. The highest BCUT2D eigenvalue weighted by molar-refractivity contribution is 9.10. The first-order valence-electron chi connectivity index (χ1n) is 5.29. The molecular formula is C13H6BrF4NO. The molecule has 1 N–H and O–H groups in total. The minimum atomic E-state index is -1.17. The molecule has 0 aromatic heterocycles. The van der Waals surface area contributed by atoms with Gasteiger partial charge in [0, 0.05) is 10.5 Å². The van der Waals surface area contributed by atoms with Gasteiger partial charge in [0.1, 0.15) is 28.8 Å². The van der Waals surface area contributed by atoms with Crippen LogP contribution >= 0.6 is 15.9 Å². The number of benzene rings is 2. The Morgan fingerprint density at radius 2 is 1.55 bits per heavy atom. The van der Waals surface area contributed by atoms with Gasteiger partial charge in [-0.2, -0.15) is 0 Å². The summed E-state index contributed by atoms with van der Waals surface area (Å²) in [5.74, 6) is -5.25. The number of carbonyl (C=O) groups is 1. The summed E-state index contributed by atoms with van der Waals surface area (Å²) in [4.78, 5) is 11.7. The maximum atomic E-state index is 13.5. The molecule has 7 heteroatoms. The Morgan fingerprint density at radius 3 is 2.10 bits per heavy atom. The normalized spacial score (nSPS) is 10.4. The van der Waals surface area contributed by atoms with Gasteiger partial charge in [-0.3, -0.25) is 4.79 Å². The first-order valence-corrected chi connectivity index (χ1v) is 6.08. The molecule has 0 fully saturated rings. The molecule has 0 bridgehead atoms. The van der Waals surface area contributed by atoms with Gasteiger partial charge in [-0.25, -0.2) is 17.6 Å². The van der Waals surface area contributed by atoms with Crippen molar-refractivity contribution >= 4 is 27.5 Å². The zero-order chi connectivity index (χ0) is 14.9. The third-order valence-corrected chi connectivity index (χ3v) is 2.87. The summed E-state index contributed by atoms with van der Waals surface area (Å²) in [5.41, 5.74) is -1.23. The van der Waals surface area contributed by atoms with E-state index in [-0.39, 0.29) is 10.2 Å². The summed E-state index contributed by atoms with van der Waals surface area (Å²) < 4.78 is 53.3. The van der Waals surface area contributed by atoms with Crippen LogP contribution in [0.25, 0.3) is 0 Å². The second-order valence-electron chi connectivity index (χ2n) is 3.82. The predicted molar refractivity (Wildman–Crippen MR) is 68.4 cm³/mol. The van der Waals surface area contributed by atoms with Crippen LogP contribution in [-0.4, -0.2) is 5.91 Å². The fourth-order valence-corrected chi connectivity index (χ4v) is 1.94. The van der Waals surface area contributed by atoms with Crippen LogP contribution in [0.5, 0.6) is 0 Å². The van der Waals surface area contributed by atoms with Gasteiger partial charge in [-0.15, -0.1) is 0 Å². The fourth-order valence-electron chi connectivity index (χ4n) is 1.53. The number of hydrogen-bond donors (Lipinski definition) is 1. The summed E-state index contributed by atoms with van der Waals surface area (Å²) in [5, 5.41) is 1.98. The van der Waals surface area contributed by atoms with E-state index in [0.717, 1.165) is 24.3 Å². The lowest BCUT2D eigenvalue weighted by molar-refractivity contribution is 0.101. The highest BCUT2D eigenvalue weighted by atomic mass is 79.9. The number of halogens is 5. The Labute approximate surface area is 119 Å². The van der Waals surface area contributed by atoms with E-state index in [2.05, 4.69) is 15.9 Å². The number of nitrogens with one attached hydrogen (secondary N) is 1. The van der Waals surface area contributed by atoms with Crippen LogP contribution in [0.15, 0.2) is 34.8 Å². The fraction of sp³-hybridized carbons (Fsp3) is 0. The molecule has 0 saturated heterocycles. The number of hydrogen-bond acceptors (Lipinski definition) is 1. The van der Waals surface area contributed by atoms with Crippen LogP contribution < -0.4 is 5.32 Å². The van der Waals surface area contributed by atoms with Crippen LogP contribution in [0.1, 0.15) is 10.4 Å². The molecule has 0 heterocycles.